The highest BCUT2D eigenvalue weighted by atomic mass is 32.1. The van der Waals surface area contributed by atoms with Crippen molar-refractivity contribution in [1.29, 1.82) is 0 Å². The van der Waals surface area contributed by atoms with Gasteiger partial charge in [0.2, 0.25) is 5.82 Å². The number of thiocarbonyl (C=S) groups is 1. The van der Waals surface area contributed by atoms with Crippen LogP contribution >= 0.6 is 12.2 Å². The van der Waals surface area contributed by atoms with Crippen molar-refractivity contribution in [3.63, 3.8) is 0 Å². The first-order chi connectivity index (χ1) is 17.0. The quantitative estimate of drug-likeness (QED) is 0.344. The second kappa shape index (κ2) is 9.31. The van der Waals surface area contributed by atoms with Gasteiger partial charge in [0.25, 0.3) is 5.89 Å². The first kappa shape index (κ1) is 22.7. The Hall–Kier alpha value is -4.04. The molecule has 5 rings (SSSR count). The fourth-order valence-corrected chi connectivity index (χ4v) is 4.54. The molecule has 0 saturated carbocycles. The van der Waals surface area contributed by atoms with Crippen LogP contribution in [-0.2, 0) is 0 Å². The largest absolute Gasteiger partial charge is 0.497 e. The topological polar surface area (TPSA) is 63.4 Å². The summed E-state index contributed by atoms with van der Waals surface area (Å²) in [7, 11) is 1.63. The molecule has 3 aromatic carbocycles. The first-order valence-corrected chi connectivity index (χ1v) is 11.5. The third-order valence-corrected chi connectivity index (χ3v) is 6.32. The summed E-state index contributed by atoms with van der Waals surface area (Å²) in [4.78, 5) is 6.58. The maximum Gasteiger partial charge on any atom is 0.258 e. The molecule has 1 N–H and O–H groups in total. The average molecular weight is 487 g/mol. The first-order valence-electron chi connectivity index (χ1n) is 11.1. The third kappa shape index (κ3) is 4.28. The number of aryl methyl sites for hydroxylation is 1. The van der Waals surface area contributed by atoms with Crippen LogP contribution < -0.4 is 15.0 Å². The summed E-state index contributed by atoms with van der Waals surface area (Å²) in [5.41, 5.74) is 4.67. The molecule has 4 aromatic rings. The van der Waals surface area contributed by atoms with Crippen LogP contribution in [0.5, 0.6) is 5.75 Å². The van der Waals surface area contributed by atoms with Crippen LogP contribution in [0, 0.1) is 12.7 Å². The van der Waals surface area contributed by atoms with E-state index in [1.807, 2.05) is 66.4 Å². The van der Waals surface area contributed by atoms with Gasteiger partial charge in [0.15, 0.2) is 5.11 Å². The minimum Gasteiger partial charge on any atom is -0.497 e. The monoisotopic (exact) mass is 486 g/mol. The fourth-order valence-electron chi connectivity index (χ4n) is 4.18. The molecule has 6 nitrogen and oxygen atoms in total. The zero-order valence-corrected chi connectivity index (χ0v) is 20.3. The van der Waals surface area contributed by atoms with E-state index in [0.29, 0.717) is 22.4 Å². The molecule has 0 spiro atoms. The van der Waals surface area contributed by atoms with Crippen LogP contribution in [-0.4, -0.2) is 22.4 Å². The van der Waals surface area contributed by atoms with E-state index in [-0.39, 0.29) is 11.9 Å². The summed E-state index contributed by atoms with van der Waals surface area (Å²) in [6, 6.07) is 21.9. The molecule has 0 aliphatic carbocycles. The Balaban J connectivity index is 1.65. The number of ether oxygens (including phenoxy) is 1. The lowest BCUT2D eigenvalue weighted by Gasteiger charge is -2.37. The van der Waals surface area contributed by atoms with Crippen LogP contribution in [0.3, 0.4) is 0 Å². The average Bonchev–Trinajstić information content (AvgIpc) is 3.36. The number of anilines is 1. The van der Waals surface area contributed by atoms with Gasteiger partial charge in [0.05, 0.1) is 18.7 Å². The van der Waals surface area contributed by atoms with Gasteiger partial charge in [0, 0.05) is 16.9 Å². The summed E-state index contributed by atoms with van der Waals surface area (Å²) in [5, 5.41) is 8.13. The lowest BCUT2D eigenvalue weighted by atomic mass is 9.94. The molecule has 0 amide bonds. The van der Waals surface area contributed by atoms with Crippen LogP contribution in [0.1, 0.15) is 30.0 Å². The fraction of sp³-hybridized carbons (Fsp3) is 0.148. The van der Waals surface area contributed by atoms with Crippen molar-refractivity contribution < 1.29 is 13.7 Å². The van der Waals surface area contributed by atoms with Crippen molar-refractivity contribution in [2.24, 2.45) is 0 Å². The van der Waals surface area contributed by atoms with Gasteiger partial charge < -0.3 is 14.6 Å². The van der Waals surface area contributed by atoms with E-state index in [1.165, 1.54) is 6.07 Å². The molecular weight excluding hydrogens is 463 g/mol. The van der Waals surface area contributed by atoms with Crippen molar-refractivity contribution in [2.75, 3.05) is 12.0 Å². The molecule has 2 heterocycles. The SMILES string of the molecule is COc1ccc(C2NC(=S)N(c3ccc(F)c(C)c3)C(C)=C2c2nc(-c3ccccc3)no2)cc1. The maximum absolute atomic E-state index is 14.0. The highest BCUT2D eigenvalue weighted by molar-refractivity contribution is 7.80. The zero-order valence-electron chi connectivity index (χ0n) is 19.4. The van der Waals surface area contributed by atoms with Crippen molar-refractivity contribution in [3.05, 3.63) is 101 Å². The van der Waals surface area contributed by atoms with Gasteiger partial charge in [-0.15, -0.1) is 0 Å². The van der Waals surface area contributed by atoms with E-state index in [4.69, 9.17) is 26.5 Å². The van der Waals surface area contributed by atoms with Gasteiger partial charge in [-0.2, -0.15) is 4.98 Å². The second-order valence-corrected chi connectivity index (χ2v) is 8.60. The molecule has 0 bridgehead atoms. The van der Waals surface area contributed by atoms with Gasteiger partial charge in [-0.1, -0.05) is 47.6 Å². The van der Waals surface area contributed by atoms with Gasteiger partial charge in [-0.3, -0.25) is 4.90 Å². The summed E-state index contributed by atoms with van der Waals surface area (Å²) >= 11 is 5.77. The summed E-state index contributed by atoms with van der Waals surface area (Å²) in [6.45, 7) is 3.67. The number of aromatic nitrogens is 2. The zero-order chi connectivity index (χ0) is 24.5. The molecule has 0 radical (unpaired) electrons. The van der Waals surface area contributed by atoms with Crippen LogP contribution in [0.2, 0.25) is 0 Å². The molecule has 8 heteroatoms. The maximum atomic E-state index is 14.0. The number of halogens is 1. The molecule has 0 fully saturated rings. The summed E-state index contributed by atoms with van der Waals surface area (Å²) < 4.78 is 25.1. The number of nitrogens with one attached hydrogen (secondary N) is 1. The Morgan fingerprint density at radius 3 is 2.46 bits per heavy atom. The summed E-state index contributed by atoms with van der Waals surface area (Å²) in [5.74, 6) is 1.35. The highest BCUT2D eigenvalue weighted by Gasteiger charge is 2.35. The minimum atomic E-state index is -0.338. The Bertz CT molecular complexity index is 1420. The highest BCUT2D eigenvalue weighted by Crippen LogP contribution is 2.39. The van der Waals surface area contributed by atoms with Gasteiger partial charge >= 0.3 is 0 Å². The number of hydrogen-bond acceptors (Lipinski definition) is 5. The van der Waals surface area contributed by atoms with Crippen molar-refractivity contribution >= 4 is 28.6 Å². The van der Waals surface area contributed by atoms with Gasteiger partial charge in [0.1, 0.15) is 11.6 Å². The molecule has 1 aliphatic rings. The van der Waals surface area contributed by atoms with E-state index in [2.05, 4.69) is 10.5 Å². The molecule has 176 valence electrons. The van der Waals surface area contributed by atoms with Crippen LogP contribution in [0.25, 0.3) is 17.0 Å². The standard InChI is InChI=1S/C27H23FN4O2S/c1-16-15-20(11-14-22(16)28)32-17(2)23(26-30-25(31-34-26)19-7-5-4-6-8-19)24(29-27(32)35)18-9-12-21(33-3)13-10-18/h4-15,24H,1-3H3,(H,29,35). The molecule has 1 atom stereocenters. The van der Waals surface area contributed by atoms with Gasteiger partial charge in [-0.05, 0) is 67.5 Å². The lowest BCUT2D eigenvalue weighted by molar-refractivity contribution is 0.404. The number of benzene rings is 3. The van der Waals surface area contributed by atoms with Crippen molar-refractivity contribution in [1.82, 2.24) is 15.5 Å². The normalized spacial score (nSPS) is 15.8. The predicted octanol–water partition coefficient (Wildman–Crippen LogP) is 6.06. The van der Waals surface area contributed by atoms with Crippen LogP contribution in [0.4, 0.5) is 10.1 Å². The van der Waals surface area contributed by atoms with E-state index in [9.17, 15) is 4.39 Å². The van der Waals surface area contributed by atoms with Crippen LogP contribution in [0.15, 0.2) is 83.0 Å². The third-order valence-electron chi connectivity index (χ3n) is 6.02. The summed E-state index contributed by atoms with van der Waals surface area (Å²) in [6.07, 6.45) is 0. The molecule has 1 aliphatic heterocycles. The molecular formula is C27H23FN4O2S. The van der Waals surface area contributed by atoms with Gasteiger partial charge in [-0.25, -0.2) is 4.39 Å². The van der Waals surface area contributed by atoms with E-state index >= 15 is 0 Å². The molecule has 35 heavy (non-hydrogen) atoms. The number of methoxy groups -OCH3 is 1. The number of hydrogen-bond donors (Lipinski definition) is 1. The second-order valence-electron chi connectivity index (χ2n) is 8.21. The Labute approximate surface area is 208 Å². The lowest BCUT2D eigenvalue weighted by Crippen LogP contribution is -2.46. The number of nitrogens with zero attached hydrogens (tertiary/aromatic N) is 3. The van der Waals surface area contributed by atoms with E-state index < -0.39 is 0 Å². The predicted molar refractivity (Wildman–Crippen MR) is 137 cm³/mol. The number of allylic oxidation sites excluding steroid dienone is 1. The Morgan fingerprint density at radius 2 is 1.77 bits per heavy atom. The molecule has 0 saturated heterocycles. The van der Waals surface area contributed by atoms with Crippen molar-refractivity contribution in [2.45, 2.75) is 19.9 Å². The van der Waals surface area contributed by atoms with E-state index in [0.717, 1.165) is 33.8 Å². The Morgan fingerprint density at radius 1 is 1.03 bits per heavy atom. The number of rotatable bonds is 5. The van der Waals surface area contributed by atoms with E-state index in [1.54, 1.807) is 26.2 Å². The smallest absolute Gasteiger partial charge is 0.258 e. The van der Waals surface area contributed by atoms with Crippen molar-refractivity contribution in [3.8, 4) is 17.1 Å². The molecule has 1 unspecified atom stereocenters. The molecule has 1 aromatic heterocycles. The Kier molecular flexibility index (Phi) is 6.05. The minimum absolute atomic E-state index is 0.271.